The average Bonchev–Trinajstić information content (AvgIpc) is 3.39. The largest absolute Gasteiger partial charge is 0.378 e. The number of hydrogen-bond acceptors (Lipinski definition) is 5. The highest BCUT2D eigenvalue weighted by Gasteiger charge is 2.35. The van der Waals surface area contributed by atoms with Gasteiger partial charge < -0.3 is 10.1 Å². The quantitative estimate of drug-likeness (QED) is 0.878. The van der Waals surface area contributed by atoms with Crippen molar-refractivity contribution in [3.63, 3.8) is 0 Å². The molecule has 6 heteroatoms. The molecule has 1 N–H and O–H groups in total. The van der Waals surface area contributed by atoms with Gasteiger partial charge in [-0.15, -0.1) is 11.3 Å². The Bertz CT molecular complexity index is 728. The van der Waals surface area contributed by atoms with E-state index in [1.807, 2.05) is 23.6 Å². The first kappa shape index (κ1) is 17.6. The van der Waals surface area contributed by atoms with Crippen LogP contribution in [0.5, 0.6) is 0 Å². The summed E-state index contributed by atoms with van der Waals surface area (Å²) in [6, 6.07) is 10.5. The fourth-order valence-electron chi connectivity index (χ4n) is 3.91. The van der Waals surface area contributed by atoms with Crippen molar-refractivity contribution < 1.29 is 9.53 Å². The number of carbonyl (C=O) groups is 1. The first-order chi connectivity index (χ1) is 12.8. The fraction of sp³-hybridized carbons (Fsp3) is 0.500. The molecule has 0 bridgehead atoms. The molecule has 2 aromatic rings. The van der Waals surface area contributed by atoms with Crippen molar-refractivity contribution in [2.45, 2.75) is 44.3 Å². The second kappa shape index (κ2) is 8.29. The fourth-order valence-corrected chi connectivity index (χ4v) is 4.74. The molecule has 1 amide bonds. The molecule has 1 unspecified atom stereocenters. The molecule has 1 atom stereocenters. The zero-order valence-electron chi connectivity index (χ0n) is 14.9. The molecule has 1 aromatic heterocycles. The van der Waals surface area contributed by atoms with Crippen molar-refractivity contribution in [1.29, 1.82) is 0 Å². The Morgan fingerprint density at radius 1 is 1.27 bits per heavy atom. The van der Waals surface area contributed by atoms with E-state index in [0.717, 1.165) is 29.4 Å². The van der Waals surface area contributed by atoms with Gasteiger partial charge in [0.2, 0.25) is 5.91 Å². The van der Waals surface area contributed by atoms with E-state index < -0.39 is 0 Å². The van der Waals surface area contributed by atoms with Crippen molar-refractivity contribution in [3.05, 3.63) is 41.4 Å². The van der Waals surface area contributed by atoms with E-state index in [2.05, 4.69) is 27.3 Å². The molecule has 4 rings (SSSR count). The Morgan fingerprint density at radius 2 is 2.08 bits per heavy atom. The van der Waals surface area contributed by atoms with Crippen LogP contribution >= 0.6 is 11.3 Å². The van der Waals surface area contributed by atoms with Crippen LogP contribution in [0.1, 0.15) is 31.4 Å². The molecule has 1 saturated heterocycles. The first-order valence-corrected chi connectivity index (χ1v) is 10.3. The molecule has 26 heavy (non-hydrogen) atoms. The molecule has 138 valence electrons. The zero-order valence-corrected chi connectivity index (χ0v) is 15.7. The Balaban J connectivity index is 1.36. The highest BCUT2D eigenvalue weighted by molar-refractivity contribution is 7.13. The van der Waals surface area contributed by atoms with Gasteiger partial charge in [-0.3, -0.25) is 9.69 Å². The van der Waals surface area contributed by atoms with Crippen LogP contribution in [-0.2, 0) is 16.1 Å². The van der Waals surface area contributed by atoms with Crippen LogP contribution in [0, 0.1) is 0 Å². The third kappa shape index (κ3) is 3.98. The summed E-state index contributed by atoms with van der Waals surface area (Å²) in [5.74, 6) is 0.0610. The van der Waals surface area contributed by atoms with E-state index in [0.29, 0.717) is 19.2 Å². The number of amides is 1. The highest BCUT2D eigenvalue weighted by Crippen LogP contribution is 2.27. The van der Waals surface area contributed by atoms with Gasteiger partial charge in [-0.1, -0.05) is 43.2 Å². The first-order valence-electron chi connectivity index (χ1n) is 9.42. The lowest BCUT2D eigenvalue weighted by Crippen LogP contribution is -2.56. The summed E-state index contributed by atoms with van der Waals surface area (Å²) < 4.78 is 5.59. The molecule has 1 aromatic carbocycles. The maximum Gasteiger partial charge on any atom is 0.240 e. The molecule has 2 aliphatic rings. The molecule has 1 saturated carbocycles. The van der Waals surface area contributed by atoms with Crippen molar-refractivity contribution in [2.75, 3.05) is 19.8 Å². The Hall–Kier alpha value is -1.76. The van der Waals surface area contributed by atoms with Crippen LogP contribution in [0.15, 0.2) is 35.7 Å². The van der Waals surface area contributed by atoms with Gasteiger partial charge in [0.1, 0.15) is 11.0 Å². The van der Waals surface area contributed by atoms with E-state index >= 15 is 0 Å². The maximum absolute atomic E-state index is 12.8. The molecule has 1 aliphatic heterocycles. The summed E-state index contributed by atoms with van der Waals surface area (Å²) in [7, 11) is 0. The molecule has 1 aliphatic carbocycles. The SMILES string of the molecule is O=C(NCc1csc(-c2ccccc2)n1)C1COCCN1C1CCCC1. The number of morpholine rings is 1. The van der Waals surface area contributed by atoms with Crippen LogP contribution in [0.4, 0.5) is 0 Å². The van der Waals surface area contributed by atoms with Gasteiger partial charge in [-0.2, -0.15) is 0 Å². The number of hydrogen-bond donors (Lipinski definition) is 1. The van der Waals surface area contributed by atoms with Crippen LogP contribution in [-0.4, -0.2) is 47.6 Å². The number of nitrogens with zero attached hydrogens (tertiary/aromatic N) is 2. The van der Waals surface area contributed by atoms with Gasteiger partial charge in [0.15, 0.2) is 0 Å². The number of ether oxygens (including phenoxy) is 1. The molecule has 2 heterocycles. The Kier molecular flexibility index (Phi) is 5.62. The minimum atomic E-state index is -0.168. The van der Waals surface area contributed by atoms with Crippen molar-refractivity contribution in [2.24, 2.45) is 0 Å². The lowest BCUT2D eigenvalue weighted by Gasteiger charge is -2.38. The van der Waals surface area contributed by atoms with E-state index in [1.165, 1.54) is 25.7 Å². The molecular weight excluding hydrogens is 346 g/mol. The lowest BCUT2D eigenvalue weighted by molar-refractivity contribution is -0.134. The van der Waals surface area contributed by atoms with Crippen LogP contribution in [0.25, 0.3) is 10.6 Å². The van der Waals surface area contributed by atoms with Gasteiger partial charge in [-0.25, -0.2) is 4.98 Å². The average molecular weight is 372 g/mol. The third-order valence-corrected chi connectivity index (χ3v) is 6.22. The predicted octanol–water partition coefficient (Wildman–Crippen LogP) is 3.07. The molecule has 0 radical (unpaired) electrons. The summed E-state index contributed by atoms with van der Waals surface area (Å²) in [4.78, 5) is 19.8. The van der Waals surface area contributed by atoms with E-state index in [9.17, 15) is 4.79 Å². The number of aromatic nitrogens is 1. The molecule has 2 fully saturated rings. The van der Waals surface area contributed by atoms with Gasteiger partial charge in [0, 0.05) is 23.5 Å². The van der Waals surface area contributed by atoms with E-state index in [4.69, 9.17) is 4.74 Å². The second-order valence-corrected chi connectivity index (χ2v) is 7.85. The third-order valence-electron chi connectivity index (χ3n) is 5.28. The number of carbonyl (C=O) groups excluding carboxylic acids is 1. The van der Waals surface area contributed by atoms with Gasteiger partial charge >= 0.3 is 0 Å². The van der Waals surface area contributed by atoms with Crippen LogP contribution < -0.4 is 5.32 Å². The lowest BCUT2D eigenvalue weighted by atomic mass is 10.1. The van der Waals surface area contributed by atoms with Crippen LogP contribution in [0.2, 0.25) is 0 Å². The van der Waals surface area contributed by atoms with Gasteiger partial charge in [0.25, 0.3) is 0 Å². The minimum absolute atomic E-state index is 0.0610. The normalized spacial score (nSPS) is 21.8. The summed E-state index contributed by atoms with van der Waals surface area (Å²) >= 11 is 1.61. The zero-order chi connectivity index (χ0) is 17.8. The highest BCUT2D eigenvalue weighted by atomic mass is 32.1. The summed E-state index contributed by atoms with van der Waals surface area (Å²) in [6.45, 7) is 2.55. The topological polar surface area (TPSA) is 54.5 Å². The monoisotopic (exact) mass is 371 g/mol. The van der Waals surface area contributed by atoms with Crippen molar-refractivity contribution in [3.8, 4) is 10.6 Å². The Morgan fingerprint density at radius 3 is 2.88 bits per heavy atom. The number of nitrogens with one attached hydrogen (secondary N) is 1. The van der Waals surface area contributed by atoms with Crippen LogP contribution in [0.3, 0.4) is 0 Å². The standard InChI is InChI=1S/C20H25N3O2S/c24-19(18-13-25-11-10-23(18)17-8-4-5-9-17)21-12-16-14-26-20(22-16)15-6-2-1-3-7-15/h1-3,6-7,14,17-18H,4-5,8-13H2,(H,21,24). The summed E-state index contributed by atoms with van der Waals surface area (Å²) in [5.41, 5.74) is 2.02. The molecular formula is C20H25N3O2S. The van der Waals surface area contributed by atoms with Crippen molar-refractivity contribution >= 4 is 17.2 Å². The van der Waals surface area contributed by atoms with Gasteiger partial charge in [-0.05, 0) is 12.8 Å². The predicted molar refractivity (Wildman–Crippen MR) is 103 cm³/mol. The number of benzene rings is 1. The molecule has 5 nitrogen and oxygen atoms in total. The second-order valence-electron chi connectivity index (χ2n) is 6.99. The Labute approximate surface area is 158 Å². The van der Waals surface area contributed by atoms with Crippen molar-refractivity contribution in [1.82, 2.24) is 15.2 Å². The number of rotatable bonds is 5. The summed E-state index contributed by atoms with van der Waals surface area (Å²) in [6.07, 6.45) is 4.96. The smallest absolute Gasteiger partial charge is 0.240 e. The van der Waals surface area contributed by atoms with Gasteiger partial charge in [0.05, 0.1) is 25.5 Å². The molecule has 0 spiro atoms. The minimum Gasteiger partial charge on any atom is -0.378 e. The summed E-state index contributed by atoms with van der Waals surface area (Å²) in [5, 5.41) is 6.08. The maximum atomic E-state index is 12.8. The van der Waals surface area contributed by atoms with E-state index in [1.54, 1.807) is 11.3 Å². The number of thiazole rings is 1. The van der Waals surface area contributed by atoms with E-state index in [-0.39, 0.29) is 11.9 Å².